The number of rotatable bonds is 2. The fourth-order valence-corrected chi connectivity index (χ4v) is 1.08. The minimum absolute atomic E-state index is 0. The van der Waals surface area contributed by atoms with Gasteiger partial charge in [-0.05, 0) is 24.1 Å². The lowest BCUT2D eigenvalue weighted by molar-refractivity contribution is 0.470. The van der Waals surface area contributed by atoms with Crippen LogP contribution in [0.4, 0.5) is 0 Å². The second-order valence-corrected chi connectivity index (χ2v) is 2.74. The second kappa shape index (κ2) is 5.99. The van der Waals surface area contributed by atoms with Gasteiger partial charge < -0.3 is 5.11 Å². The molecule has 0 aliphatic carbocycles. The highest BCUT2D eigenvalue weighted by molar-refractivity contribution is 5.75. The monoisotopic (exact) mass is 190 g/mol. The summed E-state index contributed by atoms with van der Waals surface area (Å²) in [5.74, 6) is -0.163. The molecule has 0 unspecified atom stereocenters. The van der Waals surface area contributed by atoms with Crippen molar-refractivity contribution in [1.82, 2.24) is 0 Å². The molecule has 3 heteroatoms. The first-order valence-corrected chi connectivity index (χ1v) is 4.06. The van der Waals surface area contributed by atoms with E-state index in [1.165, 1.54) is 12.1 Å². The Morgan fingerprint density at radius 1 is 1.38 bits per heavy atom. The molecule has 68 valence electrons. The second-order valence-electron chi connectivity index (χ2n) is 2.74. The molecule has 1 aromatic rings. The Bertz CT molecular complexity index is 323. The zero-order chi connectivity index (χ0) is 8.97. The van der Waals surface area contributed by atoms with Crippen LogP contribution in [0.2, 0.25) is 0 Å². The van der Waals surface area contributed by atoms with Crippen LogP contribution in [-0.2, 0) is 6.42 Å². The molecule has 0 heterocycles. The summed E-state index contributed by atoms with van der Waals surface area (Å²) in [7, 11) is 0. The summed E-state index contributed by atoms with van der Waals surface area (Å²) in [6, 6.07) is 6.43. The average Bonchev–Trinajstić information content (AvgIpc) is 2.16. The van der Waals surface area contributed by atoms with E-state index in [-0.39, 0.29) is 34.2 Å². The van der Waals surface area contributed by atoms with Gasteiger partial charge in [0.1, 0.15) is 0 Å². The Morgan fingerprint density at radius 3 is 2.69 bits per heavy atom. The highest BCUT2D eigenvalue weighted by Crippen LogP contribution is 2.06. The van der Waals surface area contributed by atoms with E-state index >= 15 is 0 Å². The first-order chi connectivity index (χ1) is 5.74. The van der Waals surface area contributed by atoms with Gasteiger partial charge in [-0.2, -0.15) is 0 Å². The van der Waals surface area contributed by atoms with Gasteiger partial charge in [-0.1, -0.05) is 25.5 Å². The molecule has 13 heavy (non-hydrogen) atoms. The van der Waals surface area contributed by atoms with Crippen molar-refractivity contribution in [3.05, 3.63) is 40.1 Å². The van der Waals surface area contributed by atoms with Crippen LogP contribution in [0.1, 0.15) is 18.9 Å². The maximum absolute atomic E-state index is 10.9. The van der Waals surface area contributed by atoms with Crippen molar-refractivity contribution >= 4 is 23.1 Å². The van der Waals surface area contributed by atoms with Crippen LogP contribution in [0, 0.1) is 0 Å². The Balaban J connectivity index is 0.00000144. The molecule has 0 bridgehead atoms. The molecule has 0 aliphatic heterocycles. The fourth-order valence-electron chi connectivity index (χ4n) is 1.08. The molecule has 1 rings (SSSR count). The Kier molecular flexibility index (Phi) is 5.74. The topological polar surface area (TPSA) is 37.3 Å². The molecule has 0 aromatic heterocycles. The van der Waals surface area contributed by atoms with Crippen LogP contribution in [0.15, 0.2) is 29.1 Å². The molecular weight excluding hydrogens is 176 g/mol. The first-order valence-electron chi connectivity index (χ1n) is 4.06. The van der Waals surface area contributed by atoms with E-state index in [1.807, 2.05) is 6.07 Å². The maximum atomic E-state index is 10.9. The summed E-state index contributed by atoms with van der Waals surface area (Å²) in [5.41, 5.74) is 0.675. The molecule has 0 radical (unpaired) electrons. The van der Waals surface area contributed by atoms with E-state index < -0.39 is 0 Å². The molecule has 0 saturated carbocycles. The predicted molar refractivity (Wildman–Crippen MR) is 56.9 cm³/mol. The van der Waals surface area contributed by atoms with Crippen molar-refractivity contribution in [1.29, 1.82) is 0 Å². The minimum Gasteiger partial charge on any atom is -0.504 e. The zero-order valence-corrected chi connectivity index (χ0v) is 7.08. The summed E-state index contributed by atoms with van der Waals surface area (Å²) in [5, 5.41) is 9.17. The predicted octanol–water partition coefficient (Wildman–Crippen LogP) is 0.789. The van der Waals surface area contributed by atoms with Gasteiger partial charge in [0.25, 0.3) is 0 Å². The van der Waals surface area contributed by atoms with E-state index in [0.717, 1.165) is 18.4 Å². The smallest absolute Gasteiger partial charge is 0.316 e. The van der Waals surface area contributed by atoms with Crippen molar-refractivity contribution in [2.24, 2.45) is 0 Å². The van der Waals surface area contributed by atoms with Crippen LogP contribution in [0.3, 0.4) is 0 Å². The summed E-state index contributed by atoms with van der Waals surface area (Å²) >= 11 is 0. The van der Waals surface area contributed by atoms with Crippen molar-refractivity contribution in [2.75, 3.05) is 0 Å². The lowest BCUT2D eigenvalue weighted by Gasteiger charge is -1.91. The molecule has 0 saturated heterocycles. The Morgan fingerprint density at radius 2 is 2.08 bits per heavy atom. The third-order valence-electron chi connectivity index (χ3n) is 1.67. The maximum Gasteiger partial charge on any atom is 0.316 e. The van der Waals surface area contributed by atoms with E-state index in [0.29, 0.717) is 0 Å². The van der Waals surface area contributed by atoms with Gasteiger partial charge in [0, 0.05) is 0 Å². The van der Waals surface area contributed by atoms with Crippen LogP contribution in [0.5, 0.6) is 5.75 Å². The summed E-state index contributed by atoms with van der Waals surface area (Å²) < 4.78 is 0. The standard InChI is InChI=1S/C10H12O2.Mg.2H/c1-2-4-8-5-3-6-9(11)10(12)7-8;;;/h3,5-7H,2,4H2,1H3,(H,11,12);;;. The van der Waals surface area contributed by atoms with Gasteiger partial charge in [-0.3, -0.25) is 4.79 Å². The number of hydrogen-bond donors (Lipinski definition) is 1. The zero-order valence-electron chi connectivity index (χ0n) is 7.08. The van der Waals surface area contributed by atoms with E-state index in [1.54, 1.807) is 6.07 Å². The van der Waals surface area contributed by atoms with E-state index in [4.69, 9.17) is 0 Å². The molecule has 1 N–H and O–H groups in total. The SMILES string of the molecule is CCCc1cccc(=O)c(O)c1.[MgH2]. The molecule has 0 aliphatic rings. The van der Waals surface area contributed by atoms with Crippen molar-refractivity contribution in [3.8, 4) is 5.75 Å². The molecule has 0 spiro atoms. The van der Waals surface area contributed by atoms with Crippen LogP contribution < -0.4 is 5.43 Å². The van der Waals surface area contributed by atoms with Gasteiger partial charge in [-0.15, -0.1) is 0 Å². The van der Waals surface area contributed by atoms with Crippen molar-refractivity contribution < 1.29 is 5.11 Å². The summed E-state index contributed by atoms with van der Waals surface area (Å²) in [6.07, 6.45) is 1.90. The normalized spacial score (nSPS) is 9.00. The number of aryl methyl sites for hydroxylation is 1. The molecule has 2 nitrogen and oxygen atoms in total. The molecule has 0 atom stereocenters. The number of hydrogen-bond acceptors (Lipinski definition) is 2. The first kappa shape index (κ1) is 12.5. The quantitative estimate of drug-likeness (QED) is 0.700. The van der Waals surface area contributed by atoms with Crippen LogP contribution >= 0.6 is 0 Å². The third kappa shape index (κ3) is 3.78. The molecular formula is C10H14MgO2. The van der Waals surface area contributed by atoms with Gasteiger partial charge in [-0.25, -0.2) is 0 Å². The fraction of sp³-hybridized carbons (Fsp3) is 0.300. The van der Waals surface area contributed by atoms with Gasteiger partial charge in [0.15, 0.2) is 5.75 Å². The Labute approximate surface area is 93.8 Å². The van der Waals surface area contributed by atoms with Crippen molar-refractivity contribution in [2.45, 2.75) is 19.8 Å². The lowest BCUT2D eigenvalue weighted by Crippen LogP contribution is -1.91. The van der Waals surface area contributed by atoms with Crippen LogP contribution in [0.25, 0.3) is 0 Å². The van der Waals surface area contributed by atoms with Gasteiger partial charge in [0.05, 0.1) is 0 Å². The summed E-state index contributed by atoms with van der Waals surface area (Å²) in [4.78, 5) is 10.9. The van der Waals surface area contributed by atoms with E-state index in [2.05, 4.69) is 6.92 Å². The lowest BCUT2D eigenvalue weighted by atomic mass is 10.2. The van der Waals surface area contributed by atoms with Gasteiger partial charge in [0.2, 0.25) is 5.43 Å². The van der Waals surface area contributed by atoms with E-state index in [9.17, 15) is 9.90 Å². The molecule has 0 amide bonds. The molecule has 1 aromatic carbocycles. The highest BCUT2D eigenvalue weighted by Gasteiger charge is 1.94. The largest absolute Gasteiger partial charge is 0.504 e. The van der Waals surface area contributed by atoms with Crippen LogP contribution in [-0.4, -0.2) is 28.2 Å². The highest BCUT2D eigenvalue weighted by atomic mass is 24.3. The van der Waals surface area contributed by atoms with Crippen molar-refractivity contribution in [3.63, 3.8) is 0 Å². The number of aromatic hydroxyl groups is 1. The minimum atomic E-state index is -0.322. The summed E-state index contributed by atoms with van der Waals surface area (Å²) in [6.45, 7) is 2.06. The third-order valence-corrected chi connectivity index (χ3v) is 1.67. The van der Waals surface area contributed by atoms with Gasteiger partial charge >= 0.3 is 23.1 Å². The molecule has 0 fully saturated rings. The average molecular weight is 191 g/mol. The Hall–Kier alpha value is -0.544.